The molecule has 0 radical (unpaired) electrons. The van der Waals surface area contributed by atoms with Crippen molar-refractivity contribution in [3.8, 4) is 0 Å². The van der Waals surface area contributed by atoms with Gasteiger partial charge in [-0.3, -0.25) is 4.79 Å². The topological polar surface area (TPSA) is 98.5 Å². The summed E-state index contributed by atoms with van der Waals surface area (Å²) in [6, 6.07) is 4.13. The van der Waals surface area contributed by atoms with E-state index < -0.39 is 10.0 Å². The van der Waals surface area contributed by atoms with Crippen molar-refractivity contribution in [2.75, 3.05) is 13.2 Å². The van der Waals surface area contributed by atoms with Crippen LogP contribution in [0.4, 0.5) is 0 Å². The molecule has 0 heterocycles. The first-order valence-corrected chi connectivity index (χ1v) is 10.4. The lowest BCUT2D eigenvalue weighted by Gasteiger charge is -2.21. The molecule has 0 atom stereocenters. The first kappa shape index (κ1) is 19.4. The molecule has 2 rings (SSSR count). The van der Waals surface area contributed by atoms with Gasteiger partial charge < -0.3 is 10.1 Å². The van der Waals surface area contributed by atoms with E-state index in [4.69, 9.17) is 9.88 Å². The highest BCUT2D eigenvalue weighted by Crippen LogP contribution is 2.21. The molecule has 1 aliphatic carbocycles. The molecule has 134 valence electrons. The number of hydrogen-bond acceptors (Lipinski definition) is 4. The highest BCUT2D eigenvalue weighted by Gasteiger charge is 2.16. The normalized spacial score (nSPS) is 16.1. The fourth-order valence-electron chi connectivity index (χ4n) is 2.71. The molecule has 1 fully saturated rings. The van der Waals surface area contributed by atoms with Crippen LogP contribution in [0, 0.1) is 0 Å². The van der Waals surface area contributed by atoms with Gasteiger partial charge in [0.05, 0.1) is 16.6 Å². The number of ether oxygens (including phenoxy) is 1. The lowest BCUT2D eigenvalue weighted by Crippen LogP contribution is -2.27. The molecule has 0 saturated heterocycles. The van der Waals surface area contributed by atoms with E-state index >= 15 is 0 Å². The van der Waals surface area contributed by atoms with E-state index in [9.17, 15) is 13.2 Å². The Morgan fingerprint density at radius 1 is 1.29 bits per heavy atom. The molecule has 1 saturated carbocycles. The van der Waals surface area contributed by atoms with Crippen LogP contribution >= 0.6 is 15.9 Å². The van der Waals surface area contributed by atoms with Gasteiger partial charge in [-0.2, -0.15) is 0 Å². The minimum atomic E-state index is -3.84. The van der Waals surface area contributed by atoms with Crippen LogP contribution in [-0.4, -0.2) is 33.6 Å². The van der Waals surface area contributed by atoms with Gasteiger partial charge in [0.15, 0.2) is 0 Å². The Hall–Kier alpha value is -0.960. The molecule has 0 aliphatic heterocycles. The van der Waals surface area contributed by atoms with Crippen LogP contribution in [0.3, 0.4) is 0 Å². The van der Waals surface area contributed by atoms with Crippen molar-refractivity contribution in [3.05, 3.63) is 28.2 Å². The van der Waals surface area contributed by atoms with Crippen molar-refractivity contribution in [3.63, 3.8) is 0 Å². The van der Waals surface area contributed by atoms with Crippen molar-refractivity contribution in [2.45, 2.75) is 49.5 Å². The molecule has 24 heavy (non-hydrogen) atoms. The summed E-state index contributed by atoms with van der Waals surface area (Å²) >= 11 is 3.25. The quantitative estimate of drug-likeness (QED) is 0.664. The number of rotatable bonds is 7. The maximum absolute atomic E-state index is 12.2. The molecule has 8 heteroatoms. The number of halogens is 1. The summed E-state index contributed by atoms with van der Waals surface area (Å²) in [5.41, 5.74) is 0.245. The number of primary sulfonamides is 1. The molecule has 0 aromatic heterocycles. The minimum absolute atomic E-state index is 0.0866. The number of nitrogens with one attached hydrogen (secondary N) is 1. The standard InChI is InChI=1S/C16H23BrN2O4S/c17-15-8-7-13(24(18,21)22)11-14(15)16(20)19-9-4-10-23-12-5-2-1-3-6-12/h7-8,11-12H,1-6,9-10H2,(H,19,20)(H2,18,21,22). The smallest absolute Gasteiger partial charge is 0.252 e. The van der Waals surface area contributed by atoms with Crippen LogP contribution in [0.15, 0.2) is 27.6 Å². The SMILES string of the molecule is NS(=O)(=O)c1ccc(Br)c(C(=O)NCCCOC2CCCCC2)c1. The second kappa shape index (κ2) is 8.94. The third kappa shape index (κ3) is 5.84. The number of carbonyl (C=O) groups excluding carboxylic acids is 1. The van der Waals surface area contributed by atoms with Crippen molar-refractivity contribution in [2.24, 2.45) is 5.14 Å². The molecule has 0 spiro atoms. The first-order valence-electron chi connectivity index (χ1n) is 8.10. The highest BCUT2D eigenvalue weighted by molar-refractivity contribution is 9.10. The number of hydrogen-bond donors (Lipinski definition) is 2. The lowest BCUT2D eigenvalue weighted by atomic mass is 9.98. The van der Waals surface area contributed by atoms with Crippen molar-refractivity contribution < 1.29 is 17.9 Å². The zero-order chi connectivity index (χ0) is 17.6. The molecule has 0 unspecified atom stereocenters. The maximum Gasteiger partial charge on any atom is 0.252 e. The molecule has 3 N–H and O–H groups in total. The molecular weight excluding hydrogens is 396 g/mol. The van der Waals surface area contributed by atoms with Crippen molar-refractivity contribution >= 4 is 31.9 Å². The number of amides is 1. The fraction of sp³-hybridized carbons (Fsp3) is 0.562. The predicted octanol–water partition coefficient (Wildman–Crippen LogP) is 2.57. The molecule has 6 nitrogen and oxygen atoms in total. The van der Waals surface area contributed by atoms with Gasteiger partial charge in [0.2, 0.25) is 10.0 Å². The minimum Gasteiger partial charge on any atom is -0.378 e. The average Bonchev–Trinajstić information content (AvgIpc) is 2.54. The van der Waals surface area contributed by atoms with Gasteiger partial charge in [0.1, 0.15) is 0 Å². The van der Waals surface area contributed by atoms with E-state index in [1.165, 1.54) is 37.5 Å². The Morgan fingerprint density at radius 2 is 2.00 bits per heavy atom. The van der Waals surface area contributed by atoms with E-state index in [1.807, 2.05) is 0 Å². The van der Waals surface area contributed by atoms with Crippen LogP contribution in [0.5, 0.6) is 0 Å². The largest absolute Gasteiger partial charge is 0.378 e. The van der Waals surface area contributed by atoms with Gasteiger partial charge in [-0.25, -0.2) is 13.6 Å². The van der Waals surface area contributed by atoms with Crippen LogP contribution in [0.2, 0.25) is 0 Å². The average molecular weight is 419 g/mol. The third-order valence-corrected chi connectivity index (χ3v) is 5.63. The molecule has 0 bridgehead atoms. The Labute approximate surface area is 151 Å². The molecular formula is C16H23BrN2O4S. The van der Waals surface area contributed by atoms with Gasteiger partial charge >= 0.3 is 0 Å². The van der Waals surface area contributed by atoms with Gasteiger partial charge in [-0.1, -0.05) is 19.3 Å². The summed E-state index contributed by atoms with van der Waals surface area (Å²) in [5, 5.41) is 7.87. The monoisotopic (exact) mass is 418 g/mol. The molecule has 1 aliphatic rings. The number of benzene rings is 1. The second-order valence-electron chi connectivity index (χ2n) is 5.93. The zero-order valence-corrected chi connectivity index (χ0v) is 15.9. The third-order valence-electron chi connectivity index (χ3n) is 4.02. The van der Waals surface area contributed by atoms with Crippen molar-refractivity contribution in [1.29, 1.82) is 0 Å². The van der Waals surface area contributed by atoms with Crippen LogP contribution in [0.25, 0.3) is 0 Å². The summed E-state index contributed by atoms with van der Waals surface area (Å²) in [6.45, 7) is 1.08. The Morgan fingerprint density at radius 3 is 2.67 bits per heavy atom. The number of sulfonamides is 1. The summed E-state index contributed by atoms with van der Waals surface area (Å²) < 4.78 is 29.1. The summed E-state index contributed by atoms with van der Waals surface area (Å²) in [4.78, 5) is 12.1. The van der Waals surface area contributed by atoms with E-state index in [0.717, 1.165) is 19.3 Å². The zero-order valence-electron chi connectivity index (χ0n) is 13.5. The van der Waals surface area contributed by atoms with E-state index in [2.05, 4.69) is 21.2 Å². The summed E-state index contributed by atoms with van der Waals surface area (Å²) in [6.07, 6.45) is 7.08. The Balaban J connectivity index is 1.80. The van der Waals surface area contributed by atoms with Gasteiger partial charge in [0, 0.05) is 17.6 Å². The van der Waals surface area contributed by atoms with Gasteiger partial charge in [-0.15, -0.1) is 0 Å². The first-order chi connectivity index (χ1) is 11.4. The summed E-state index contributed by atoms with van der Waals surface area (Å²) in [5.74, 6) is -0.343. The van der Waals surface area contributed by atoms with E-state index in [0.29, 0.717) is 23.7 Å². The summed E-state index contributed by atoms with van der Waals surface area (Å²) in [7, 11) is -3.84. The van der Waals surface area contributed by atoms with Crippen LogP contribution in [0.1, 0.15) is 48.9 Å². The van der Waals surface area contributed by atoms with Crippen LogP contribution in [-0.2, 0) is 14.8 Å². The number of carbonyl (C=O) groups is 1. The second-order valence-corrected chi connectivity index (χ2v) is 8.34. The van der Waals surface area contributed by atoms with Crippen molar-refractivity contribution in [1.82, 2.24) is 5.32 Å². The predicted molar refractivity (Wildman–Crippen MR) is 95.3 cm³/mol. The molecule has 1 aromatic carbocycles. The maximum atomic E-state index is 12.2. The fourth-order valence-corrected chi connectivity index (χ4v) is 3.67. The Kier molecular flexibility index (Phi) is 7.21. The van der Waals surface area contributed by atoms with Gasteiger partial charge in [0.25, 0.3) is 5.91 Å². The molecule has 1 amide bonds. The van der Waals surface area contributed by atoms with E-state index in [-0.39, 0.29) is 16.4 Å². The highest BCUT2D eigenvalue weighted by atomic mass is 79.9. The van der Waals surface area contributed by atoms with Gasteiger partial charge in [-0.05, 0) is 53.4 Å². The van der Waals surface area contributed by atoms with Crippen LogP contribution < -0.4 is 10.5 Å². The van der Waals surface area contributed by atoms with E-state index in [1.54, 1.807) is 0 Å². The lowest BCUT2D eigenvalue weighted by molar-refractivity contribution is 0.0273. The Bertz CT molecular complexity index is 673. The number of nitrogens with two attached hydrogens (primary N) is 1. The molecule has 1 aromatic rings.